The summed E-state index contributed by atoms with van der Waals surface area (Å²) in [7, 11) is 1.77. The smallest absolute Gasteiger partial charge is 0.255 e. The number of nitrogens with zero attached hydrogens (tertiary/aromatic N) is 2. The van der Waals surface area contributed by atoms with Gasteiger partial charge < -0.3 is 10.6 Å². The van der Waals surface area contributed by atoms with Crippen LogP contribution in [0.2, 0.25) is 0 Å². The minimum atomic E-state index is -0.200. The van der Waals surface area contributed by atoms with Crippen LogP contribution in [0.5, 0.6) is 0 Å². The van der Waals surface area contributed by atoms with Gasteiger partial charge >= 0.3 is 0 Å². The van der Waals surface area contributed by atoms with Crippen LogP contribution in [-0.4, -0.2) is 17.9 Å². The van der Waals surface area contributed by atoms with Crippen molar-refractivity contribution >= 4 is 11.6 Å². The van der Waals surface area contributed by atoms with Crippen molar-refractivity contribution in [1.29, 1.82) is 5.26 Å². The molecule has 2 N–H and O–H groups in total. The van der Waals surface area contributed by atoms with E-state index in [2.05, 4.69) is 21.7 Å². The molecule has 0 aliphatic carbocycles. The van der Waals surface area contributed by atoms with E-state index in [0.717, 1.165) is 16.9 Å². The molecule has 21 heavy (non-hydrogen) atoms. The number of rotatable bonds is 4. The highest BCUT2D eigenvalue weighted by atomic mass is 16.1. The largest absolute Gasteiger partial charge is 0.387 e. The minimum Gasteiger partial charge on any atom is -0.387 e. The zero-order valence-corrected chi connectivity index (χ0v) is 12.0. The molecular formula is C16H16N4O. The molecule has 1 heterocycles. The first kappa shape index (κ1) is 14.5. The number of aromatic nitrogens is 1. The van der Waals surface area contributed by atoms with E-state index >= 15 is 0 Å². The Balaban J connectivity index is 2.10. The molecule has 5 nitrogen and oxygen atoms in total. The van der Waals surface area contributed by atoms with E-state index in [-0.39, 0.29) is 5.91 Å². The number of benzene rings is 1. The van der Waals surface area contributed by atoms with Gasteiger partial charge in [-0.15, -0.1) is 0 Å². The normalized spacial score (nSPS) is 9.76. The van der Waals surface area contributed by atoms with Gasteiger partial charge in [-0.3, -0.25) is 9.78 Å². The third kappa shape index (κ3) is 3.57. The second-order valence-electron chi connectivity index (χ2n) is 4.62. The number of hydrogen-bond acceptors (Lipinski definition) is 4. The fourth-order valence-electron chi connectivity index (χ4n) is 1.98. The first-order valence-corrected chi connectivity index (χ1v) is 6.55. The molecular weight excluding hydrogens is 264 g/mol. The van der Waals surface area contributed by atoms with Crippen molar-refractivity contribution in [3.8, 4) is 6.07 Å². The summed E-state index contributed by atoms with van der Waals surface area (Å²) >= 11 is 0. The lowest BCUT2D eigenvalue weighted by Crippen LogP contribution is -2.24. The Morgan fingerprint density at radius 3 is 2.90 bits per heavy atom. The van der Waals surface area contributed by atoms with Gasteiger partial charge in [0.1, 0.15) is 0 Å². The number of carbonyl (C=O) groups excluding carboxylic acids is 1. The van der Waals surface area contributed by atoms with Crippen LogP contribution in [0, 0.1) is 18.3 Å². The number of carbonyl (C=O) groups is 1. The average molecular weight is 280 g/mol. The number of pyridine rings is 1. The SMILES string of the molecule is CNc1cc(C)ncc1C(=O)NCc1cccc(C#N)c1. The zero-order valence-electron chi connectivity index (χ0n) is 12.0. The average Bonchev–Trinajstić information content (AvgIpc) is 2.52. The van der Waals surface area contributed by atoms with Crippen LogP contribution in [0.15, 0.2) is 36.5 Å². The van der Waals surface area contributed by atoms with Gasteiger partial charge in [-0.05, 0) is 30.7 Å². The van der Waals surface area contributed by atoms with E-state index in [1.54, 1.807) is 31.4 Å². The Bertz CT molecular complexity index is 704. The summed E-state index contributed by atoms with van der Waals surface area (Å²) in [5.74, 6) is -0.200. The van der Waals surface area contributed by atoms with Crippen molar-refractivity contribution in [3.05, 3.63) is 58.9 Å². The van der Waals surface area contributed by atoms with E-state index in [1.165, 1.54) is 0 Å². The van der Waals surface area contributed by atoms with Crippen LogP contribution < -0.4 is 10.6 Å². The third-order valence-corrected chi connectivity index (χ3v) is 3.06. The maximum absolute atomic E-state index is 12.2. The van der Waals surface area contributed by atoms with Gasteiger partial charge in [0.25, 0.3) is 5.91 Å². The molecule has 1 aromatic heterocycles. The highest BCUT2D eigenvalue weighted by Gasteiger charge is 2.11. The lowest BCUT2D eigenvalue weighted by atomic mass is 10.1. The lowest BCUT2D eigenvalue weighted by molar-refractivity contribution is 0.0951. The van der Waals surface area contributed by atoms with Gasteiger partial charge in [-0.25, -0.2) is 0 Å². The Kier molecular flexibility index (Phi) is 4.52. The molecule has 0 aliphatic rings. The van der Waals surface area contributed by atoms with Gasteiger partial charge in [0, 0.05) is 25.5 Å². The van der Waals surface area contributed by atoms with Crippen molar-refractivity contribution in [1.82, 2.24) is 10.3 Å². The van der Waals surface area contributed by atoms with E-state index in [0.29, 0.717) is 17.7 Å². The standard InChI is InChI=1S/C16H16N4O/c1-11-6-15(18-2)14(10-19-11)16(21)20-9-13-5-3-4-12(7-13)8-17/h3-7,10H,9H2,1-2H3,(H,18,19)(H,20,21). The monoisotopic (exact) mass is 280 g/mol. The molecule has 2 aromatic rings. The second kappa shape index (κ2) is 6.53. The number of aryl methyl sites for hydroxylation is 1. The molecule has 1 aromatic carbocycles. The molecule has 5 heteroatoms. The fourth-order valence-corrected chi connectivity index (χ4v) is 1.98. The highest BCUT2D eigenvalue weighted by Crippen LogP contribution is 2.15. The Morgan fingerprint density at radius 2 is 2.19 bits per heavy atom. The molecule has 106 valence electrons. The van der Waals surface area contributed by atoms with Crippen molar-refractivity contribution in [3.63, 3.8) is 0 Å². The third-order valence-electron chi connectivity index (χ3n) is 3.06. The highest BCUT2D eigenvalue weighted by molar-refractivity contribution is 5.99. The zero-order chi connectivity index (χ0) is 15.2. The van der Waals surface area contributed by atoms with Crippen LogP contribution >= 0.6 is 0 Å². The van der Waals surface area contributed by atoms with Crippen LogP contribution in [-0.2, 0) is 6.54 Å². The van der Waals surface area contributed by atoms with Crippen LogP contribution in [0.25, 0.3) is 0 Å². The van der Waals surface area contributed by atoms with Gasteiger partial charge in [0.2, 0.25) is 0 Å². The maximum Gasteiger partial charge on any atom is 0.255 e. The summed E-state index contributed by atoms with van der Waals surface area (Å²) in [6, 6.07) is 11.1. The minimum absolute atomic E-state index is 0.200. The Morgan fingerprint density at radius 1 is 1.38 bits per heavy atom. The van der Waals surface area contributed by atoms with E-state index in [1.807, 2.05) is 19.1 Å². The lowest BCUT2D eigenvalue weighted by Gasteiger charge is -2.10. The Hall–Kier alpha value is -2.87. The van der Waals surface area contributed by atoms with Gasteiger partial charge in [-0.1, -0.05) is 12.1 Å². The van der Waals surface area contributed by atoms with Crippen molar-refractivity contribution < 1.29 is 4.79 Å². The van der Waals surface area contributed by atoms with E-state index in [4.69, 9.17) is 5.26 Å². The summed E-state index contributed by atoms with van der Waals surface area (Å²) < 4.78 is 0. The van der Waals surface area contributed by atoms with Gasteiger partial charge in [0.05, 0.1) is 22.9 Å². The molecule has 0 atom stereocenters. The van der Waals surface area contributed by atoms with Crippen molar-refractivity contribution in [2.24, 2.45) is 0 Å². The molecule has 0 aliphatic heterocycles. The quantitative estimate of drug-likeness (QED) is 0.900. The molecule has 0 bridgehead atoms. The van der Waals surface area contributed by atoms with Crippen LogP contribution in [0.3, 0.4) is 0 Å². The number of anilines is 1. The summed E-state index contributed by atoms with van der Waals surface area (Å²) in [5, 5.41) is 14.7. The van der Waals surface area contributed by atoms with Crippen LogP contribution in [0.4, 0.5) is 5.69 Å². The number of nitrogens with one attached hydrogen (secondary N) is 2. The van der Waals surface area contributed by atoms with Crippen molar-refractivity contribution in [2.45, 2.75) is 13.5 Å². The van der Waals surface area contributed by atoms with E-state index in [9.17, 15) is 4.79 Å². The molecule has 0 saturated heterocycles. The molecule has 0 fully saturated rings. The fraction of sp³-hybridized carbons (Fsp3) is 0.188. The molecule has 0 radical (unpaired) electrons. The summed E-state index contributed by atoms with van der Waals surface area (Å²) in [6.45, 7) is 2.24. The molecule has 0 unspecified atom stereocenters. The molecule has 0 spiro atoms. The summed E-state index contributed by atoms with van der Waals surface area (Å²) in [5.41, 5.74) is 3.55. The summed E-state index contributed by atoms with van der Waals surface area (Å²) in [4.78, 5) is 16.4. The predicted molar refractivity (Wildman–Crippen MR) is 80.8 cm³/mol. The van der Waals surface area contributed by atoms with E-state index < -0.39 is 0 Å². The van der Waals surface area contributed by atoms with Gasteiger partial charge in [-0.2, -0.15) is 5.26 Å². The first-order valence-electron chi connectivity index (χ1n) is 6.55. The first-order chi connectivity index (χ1) is 10.1. The number of hydrogen-bond donors (Lipinski definition) is 2. The second-order valence-corrected chi connectivity index (χ2v) is 4.62. The molecule has 0 saturated carbocycles. The Labute approximate surface area is 123 Å². The van der Waals surface area contributed by atoms with Gasteiger partial charge in [0.15, 0.2) is 0 Å². The number of amides is 1. The van der Waals surface area contributed by atoms with Crippen molar-refractivity contribution in [2.75, 3.05) is 12.4 Å². The van der Waals surface area contributed by atoms with Crippen LogP contribution in [0.1, 0.15) is 27.2 Å². The number of nitriles is 1. The molecule has 2 rings (SSSR count). The maximum atomic E-state index is 12.2. The predicted octanol–water partition coefficient (Wildman–Crippen LogP) is 2.23. The summed E-state index contributed by atoms with van der Waals surface area (Å²) in [6.07, 6.45) is 1.56. The molecule has 1 amide bonds. The topological polar surface area (TPSA) is 77.8 Å².